The molecule has 0 radical (unpaired) electrons. The predicted octanol–water partition coefficient (Wildman–Crippen LogP) is 3.51. The molecule has 4 N–H and O–H groups in total. The summed E-state index contributed by atoms with van der Waals surface area (Å²) in [5, 5.41) is 42.6. The summed E-state index contributed by atoms with van der Waals surface area (Å²) in [4.78, 5) is 88.3. The molecule has 2 unspecified atom stereocenters. The van der Waals surface area contributed by atoms with Crippen molar-refractivity contribution in [2.75, 3.05) is 81.6 Å². The number of hydrogen-bond donors (Lipinski definition) is 4. The Bertz CT molecular complexity index is 2770. The molecule has 71 heavy (non-hydrogen) atoms. The second-order valence-corrected chi connectivity index (χ2v) is 17.6. The monoisotopic (exact) mass is 1000 g/mol. The summed E-state index contributed by atoms with van der Waals surface area (Å²) in [7, 11) is -3.66. The minimum atomic E-state index is -3.66. The number of benzene rings is 4. The van der Waals surface area contributed by atoms with Crippen LogP contribution < -0.4 is 20.4 Å². The molecule has 25 nitrogen and oxygen atoms in total. The number of ether oxygens (including phenoxy) is 3. The maximum absolute atomic E-state index is 12.5. The first kappa shape index (κ1) is 52.2. The molecule has 3 aliphatic rings. The first-order valence-electron chi connectivity index (χ1n) is 21.7. The van der Waals surface area contributed by atoms with Crippen molar-refractivity contribution in [2.24, 2.45) is 0 Å². The molecule has 4 amide bonds. The second kappa shape index (κ2) is 23.4. The Labute approximate surface area is 405 Å². The fraction of sp³-hybridized carbons (Fsp3) is 0.311. The number of cyclic esters (lactones) is 2. The predicted molar refractivity (Wildman–Crippen MR) is 253 cm³/mol. The number of nitro groups is 2. The van der Waals surface area contributed by atoms with Crippen molar-refractivity contribution in [3.63, 3.8) is 0 Å². The summed E-state index contributed by atoms with van der Waals surface area (Å²) in [6.07, 6.45) is -1.27. The van der Waals surface area contributed by atoms with Crippen LogP contribution in [0.4, 0.5) is 32.3 Å². The Kier molecular flexibility index (Phi) is 17.2. The SMILES string of the molecule is CCOC(=O)CN1CCN(CC2CN(c3ccc(C(=N)NC(=O)c4ccc([N+](=O)[O-])cc4)cc3)C(=O)O2)CC1.CS(=O)(=O)OCC1CN(c2ccc(C(=N)NC(=O)c3ccc([N+](=O)[O-])cc3)cc2)C(=O)O1. The number of amides is 4. The number of nitro benzene ring substituents is 2. The molecule has 0 aromatic heterocycles. The lowest BCUT2D eigenvalue weighted by Gasteiger charge is -2.34. The molecule has 3 heterocycles. The van der Waals surface area contributed by atoms with E-state index in [-0.39, 0.29) is 65.9 Å². The van der Waals surface area contributed by atoms with Gasteiger partial charge in [0.05, 0.1) is 42.3 Å². The van der Waals surface area contributed by atoms with Gasteiger partial charge in [0.25, 0.3) is 33.3 Å². The molecule has 3 saturated heterocycles. The van der Waals surface area contributed by atoms with Crippen LogP contribution in [0, 0.1) is 31.0 Å². The molecule has 0 aliphatic carbocycles. The Balaban J connectivity index is 0.000000237. The summed E-state index contributed by atoms with van der Waals surface area (Å²) >= 11 is 0. The maximum Gasteiger partial charge on any atom is 0.414 e. The van der Waals surface area contributed by atoms with Crippen molar-refractivity contribution >= 4 is 74.5 Å². The van der Waals surface area contributed by atoms with Gasteiger partial charge in [-0.25, -0.2) is 9.59 Å². The molecule has 0 bridgehead atoms. The highest BCUT2D eigenvalue weighted by Crippen LogP contribution is 2.25. The fourth-order valence-electron chi connectivity index (χ4n) is 7.25. The van der Waals surface area contributed by atoms with Crippen LogP contribution >= 0.6 is 0 Å². The Morgan fingerprint density at radius 2 is 1.06 bits per heavy atom. The van der Waals surface area contributed by atoms with Crippen LogP contribution in [0.3, 0.4) is 0 Å². The van der Waals surface area contributed by atoms with Crippen molar-refractivity contribution in [1.29, 1.82) is 10.8 Å². The van der Waals surface area contributed by atoms with Crippen molar-refractivity contribution in [2.45, 2.75) is 19.1 Å². The largest absolute Gasteiger partial charge is 0.465 e. The summed E-state index contributed by atoms with van der Waals surface area (Å²) < 4.78 is 42.5. The van der Waals surface area contributed by atoms with E-state index in [9.17, 15) is 52.6 Å². The third-order valence-corrected chi connectivity index (χ3v) is 11.5. The molecule has 26 heteroatoms. The third-order valence-electron chi connectivity index (χ3n) is 10.9. The van der Waals surface area contributed by atoms with E-state index in [2.05, 4.69) is 24.6 Å². The van der Waals surface area contributed by atoms with Crippen LogP contribution in [0.25, 0.3) is 0 Å². The van der Waals surface area contributed by atoms with E-state index >= 15 is 0 Å². The molecule has 4 aromatic rings. The summed E-state index contributed by atoms with van der Waals surface area (Å²) in [5.41, 5.74) is 1.90. The van der Waals surface area contributed by atoms with Gasteiger partial charge in [0.1, 0.15) is 30.5 Å². The number of piperazine rings is 1. The number of esters is 1. The molecular formula is C45H48N10O15S. The number of non-ortho nitro benzene ring substituents is 2. The summed E-state index contributed by atoms with van der Waals surface area (Å²) in [5.74, 6) is -1.74. The lowest BCUT2D eigenvalue weighted by molar-refractivity contribution is -0.385. The lowest BCUT2D eigenvalue weighted by Crippen LogP contribution is -2.50. The average molecular weight is 1000 g/mol. The van der Waals surface area contributed by atoms with E-state index in [0.717, 1.165) is 32.4 Å². The smallest absolute Gasteiger partial charge is 0.414 e. The van der Waals surface area contributed by atoms with Crippen molar-refractivity contribution in [3.8, 4) is 0 Å². The third kappa shape index (κ3) is 14.7. The molecule has 2 atom stereocenters. The van der Waals surface area contributed by atoms with Gasteiger partial charge in [-0.15, -0.1) is 0 Å². The number of carbonyl (C=O) groups is 5. The van der Waals surface area contributed by atoms with Gasteiger partial charge in [-0.2, -0.15) is 8.42 Å². The molecule has 7 rings (SSSR count). The number of hydrogen-bond acceptors (Lipinski definition) is 19. The normalized spacial score (nSPS) is 17.0. The van der Waals surface area contributed by atoms with Crippen LogP contribution in [0.15, 0.2) is 97.1 Å². The van der Waals surface area contributed by atoms with Crippen LogP contribution in [-0.2, 0) is 33.3 Å². The van der Waals surface area contributed by atoms with Gasteiger partial charge in [-0.3, -0.25) is 69.2 Å². The van der Waals surface area contributed by atoms with Gasteiger partial charge in [-0.1, -0.05) is 0 Å². The number of carbonyl (C=O) groups excluding carboxylic acids is 5. The number of nitrogens with zero attached hydrogens (tertiary/aromatic N) is 6. The highest BCUT2D eigenvalue weighted by Gasteiger charge is 2.35. The number of nitrogens with one attached hydrogen (secondary N) is 4. The zero-order valence-corrected chi connectivity index (χ0v) is 39.0. The molecule has 3 aliphatic heterocycles. The van der Waals surface area contributed by atoms with Gasteiger partial charge in [0, 0.05) is 90.6 Å². The van der Waals surface area contributed by atoms with E-state index in [1.165, 1.54) is 70.5 Å². The van der Waals surface area contributed by atoms with Gasteiger partial charge in [0.2, 0.25) is 0 Å². The molecule has 4 aromatic carbocycles. The zero-order valence-electron chi connectivity index (χ0n) is 38.2. The lowest BCUT2D eigenvalue weighted by atomic mass is 10.1. The first-order valence-corrected chi connectivity index (χ1v) is 23.5. The number of anilines is 2. The van der Waals surface area contributed by atoms with Crippen molar-refractivity contribution in [3.05, 3.63) is 140 Å². The highest BCUT2D eigenvalue weighted by molar-refractivity contribution is 7.86. The van der Waals surface area contributed by atoms with Gasteiger partial charge in [0.15, 0.2) is 0 Å². The second-order valence-electron chi connectivity index (χ2n) is 16.0. The molecule has 3 fully saturated rings. The zero-order chi connectivity index (χ0) is 51.4. The van der Waals surface area contributed by atoms with Gasteiger partial charge >= 0.3 is 18.2 Å². The summed E-state index contributed by atoms with van der Waals surface area (Å²) in [6, 6.07) is 22.8. The first-order chi connectivity index (χ1) is 33.8. The topological polar surface area (TPSA) is 327 Å². The highest BCUT2D eigenvalue weighted by atomic mass is 32.2. The van der Waals surface area contributed by atoms with Gasteiger partial charge in [-0.05, 0) is 79.7 Å². The van der Waals surface area contributed by atoms with Gasteiger partial charge < -0.3 is 24.8 Å². The van der Waals surface area contributed by atoms with Crippen molar-refractivity contribution in [1.82, 2.24) is 20.4 Å². The molecule has 0 saturated carbocycles. The number of rotatable bonds is 16. The Morgan fingerprint density at radius 3 is 1.46 bits per heavy atom. The minimum Gasteiger partial charge on any atom is -0.465 e. The van der Waals surface area contributed by atoms with Crippen LogP contribution in [0.1, 0.15) is 38.8 Å². The van der Waals surface area contributed by atoms with E-state index in [0.29, 0.717) is 42.2 Å². The van der Waals surface area contributed by atoms with Crippen LogP contribution in [0.2, 0.25) is 0 Å². The minimum absolute atomic E-state index is 0.0853. The maximum atomic E-state index is 12.5. The van der Waals surface area contributed by atoms with E-state index in [4.69, 9.17) is 25.0 Å². The van der Waals surface area contributed by atoms with Crippen molar-refractivity contribution < 1.29 is 60.6 Å². The summed E-state index contributed by atoms with van der Waals surface area (Å²) in [6.45, 7) is 6.19. The Morgan fingerprint density at radius 1 is 0.662 bits per heavy atom. The standard InChI is InChI=1S/C26H30N6O7.C19H18N4O8S/c1-2-38-23(33)17-30-13-11-29(12-14-30)15-22-16-31(26(35)39-22)20-7-3-18(4-8-20)24(27)28-25(34)19-5-9-21(10-6-19)32(36)37;1-32(28,29)30-11-16-10-22(19(25)31-16)14-6-2-12(3-7-14)17(20)21-18(24)13-4-8-15(9-5-13)23(26)27/h3-10,22H,2,11-17H2,1H3,(H2,27,28,34);2-9,16H,10-11H2,1H3,(H2,20,21,24). The fourth-order valence-corrected chi connectivity index (χ4v) is 7.65. The quantitative estimate of drug-likeness (QED) is 0.0237. The molecule has 374 valence electrons. The van der Waals surface area contributed by atoms with Crippen LogP contribution in [0.5, 0.6) is 0 Å². The molecular weight excluding hydrogens is 953 g/mol. The van der Waals surface area contributed by atoms with E-state index < -0.39 is 50.1 Å². The van der Waals surface area contributed by atoms with Crippen LogP contribution in [-0.4, -0.2) is 154 Å². The van der Waals surface area contributed by atoms with E-state index in [1.807, 2.05) is 0 Å². The number of amidine groups is 2. The Hall–Kier alpha value is -8.20. The van der Waals surface area contributed by atoms with E-state index in [1.54, 1.807) is 43.3 Å². The average Bonchev–Trinajstić information content (AvgIpc) is 3.91. The molecule has 0 spiro atoms.